The largest absolute Gasteiger partial charge is 0.349 e. The van der Waals surface area contributed by atoms with Gasteiger partial charge in [-0.05, 0) is 48.4 Å². The summed E-state index contributed by atoms with van der Waals surface area (Å²) in [5.74, 6) is 0. The lowest BCUT2D eigenvalue weighted by Crippen LogP contribution is -2.49. The van der Waals surface area contributed by atoms with Gasteiger partial charge in [0.2, 0.25) is 0 Å². The zero-order valence-corrected chi connectivity index (χ0v) is 16.0. The van der Waals surface area contributed by atoms with Crippen molar-refractivity contribution in [2.24, 2.45) is 0 Å². The van der Waals surface area contributed by atoms with E-state index in [9.17, 15) is 4.79 Å². The van der Waals surface area contributed by atoms with Crippen molar-refractivity contribution in [2.45, 2.75) is 32.6 Å². The molecule has 1 aliphatic heterocycles. The first-order chi connectivity index (χ1) is 13.7. The van der Waals surface area contributed by atoms with E-state index >= 15 is 0 Å². The molecule has 2 amide bonds. The Balaban J connectivity index is 1.41. The Morgan fingerprint density at radius 3 is 2.96 bits per heavy atom. The number of nitrogens with one attached hydrogen (secondary N) is 2. The molecule has 144 valence electrons. The van der Waals surface area contributed by atoms with Gasteiger partial charge in [0, 0.05) is 62.2 Å². The van der Waals surface area contributed by atoms with Crippen LogP contribution in [-0.2, 0) is 19.6 Å². The normalized spacial score (nSPS) is 16.4. The monoisotopic (exact) mass is 375 g/mol. The smallest absolute Gasteiger partial charge is 0.319 e. The van der Waals surface area contributed by atoms with E-state index in [1.54, 1.807) is 6.20 Å². The van der Waals surface area contributed by atoms with Gasteiger partial charge in [0.15, 0.2) is 0 Å². The molecule has 3 heterocycles. The zero-order valence-electron chi connectivity index (χ0n) is 16.0. The first kappa shape index (κ1) is 18.3. The molecule has 0 saturated carbocycles. The van der Waals surface area contributed by atoms with Crippen molar-refractivity contribution in [2.75, 3.05) is 11.9 Å². The number of amides is 2. The van der Waals surface area contributed by atoms with Gasteiger partial charge in [-0.25, -0.2) is 4.79 Å². The molecule has 3 aromatic rings. The van der Waals surface area contributed by atoms with Crippen molar-refractivity contribution < 1.29 is 4.79 Å². The molecule has 0 aliphatic carbocycles. The summed E-state index contributed by atoms with van der Waals surface area (Å²) in [6, 6.07) is 16.1. The van der Waals surface area contributed by atoms with E-state index < -0.39 is 0 Å². The molecule has 1 aromatic carbocycles. The Bertz CT molecular complexity index is 937. The number of benzene rings is 1. The highest BCUT2D eigenvalue weighted by Gasteiger charge is 2.26. The minimum atomic E-state index is -0.176. The number of anilines is 1. The molecule has 6 heteroatoms. The Morgan fingerprint density at radius 2 is 2.14 bits per heavy atom. The maximum atomic E-state index is 12.4. The summed E-state index contributed by atoms with van der Waals surface area (Å²) < 4.78 is 2.27. The van der Waals surface area contributed by atoms with Crippen LogP contribution >= 0.6 is 0 Å². The average Bonchev–Trinajstić information content (AvgIpc) is 3.14. The number of carbonyl (C=O) groups is 1. The number of carbonyl (C=O) groups excluding carboxylic acids is 1. The molecule has 0 fully saturated rings. The highest BCUT2D eigenvalue weighted by atomic mass is 16.2. The van der Waals surface area contributed by atoms with Crippen LogP contribution in [0.2, 0.25) is 0 Å². The van der Waals surface area contributed by atoms with Gasteiger partial charge in [-0.3, -0.25) is 9.88 Å². The van der Waals surface area contributed by atoms with Gasteiger partial charge in [-0.15, -0.1) is 0 Å². The Labute approximate surface area is 165 Å². The molecule has 0 spiro atoms. The summed E-state index contributed by atoms with van der Waals surface area (Å²) >= 11 is 0. The lowest BCUT2D eigenvalue weighted by Gasteiger charge is -2.37. The zero-order chi connectivity index (χ0) is 19.3. The van der Waals surface area contributed by atoms with Crippen LogP contribution in [0.4, 0.5) is 10.5 Å². The quantitative estimate of drug-likeness (QED) is 0.718. The number of hydrogen-bond acceptors (Lipinski definition) is 3. The summed E-state index contributed by atoms with van der Waals surface area (Å²) in [5.41, 5.74) is 4.40. The van der Waals surface area contributed by atoms with E-state index in [1.165, 1.54) is 11.3 Å². The first-order valence-corrected chi connectivity index (χ1v) is 9.56. The molecular formula is C22H25N5O. The molecule has 28 heavy (non-hydrogen) atoms. The summed E-state index contributed by atoms with van der Waals surface area (Å²) in [6.07, 6.45) is 5.80. The third kappa shape index (κ3) is 4.40. The maximum Gasteiger partial charge on any atom is 0.319 e. The van der Waals surface area contributed by atoms with Gasteiger partial charge in [-0.1, -0.05) is 18.2 Å². The number of aromatic nitrogens is 2. The number of nitrogens with zero attached hydrogens (tertiary/aromatic N) is 3. The van der Waals surface area contributed by atoms with Gasteiger partial charge >= 0.3 is 6.03 Å². The van der Waals surface area contributed by atoms with Crippen molar-refractivity contribution in [3.8, 4) is 0 Å². The van der Waals surface area contributed by atoms with Crippen molar-refractivity contribution in [1.29, 1.82) is 0 Å². The van der Waals surface area contributed by atoms with E-state index in [0.29, 0.717) is 6.54 Å². The van der Waals surface area contributed by atoms with E-state index in [0.717, 1.165) is 30.9 Å². The van der Waals surface area contributed by atoms with Crippen LogP contribution in [0, 0.1) is 6.92 Å². The fourth-order valence-corrected chi connectivity index (χ4v) is 3.66. The van der Waals surface area contributed by atoms with Crippen molar-refractivity contribution in [3.05, 3.63) is 83.9 Å². The van der Waals surface area contributed by atoms with Crippen LogP contribution in [0.25, 0.3) is 0 Å². The molecule has 2 aromatic heterocycles. The van der Waals surface area contributed by atoms with Gasteiger partial charge in [0.25, 0.3) is 0 Å². The molecule has 6 nitrogen and oxygen atoms in total. The fourth-order valence-electron chi connectivity index (χ4n) is 3.66. The Hall–Kier alpha value is -3.12. The minimum Gasteiger partial charge on any atom is -0.349 e. The molecule has 1 atom stereocenters. The maximum absolute atomic E-state index is 12.4. The average molecular weight is 375 g/mol. The molecule has 0 saturated heterocycles. The number of urea groups is 1. The molecule has 1 aliphatic rings. The molecule has 0 radical (unpaired) electrons. The summed E-state index contributed by atoms with van der Waals surface area (Å²) in [6.45, 7) is 5.11. The lowest BCUT2D eigenvalue weighted by molar-refractivity contribution is 0.130. The highest BCUT2D eigenvalue weighted by Crippen LogP contribution is 2.20. The van der Waals surface area contributed by atoms with Crippen molar-refractivity contribution >= 4 is 11.7 Å². The second kappa shape index (κ2) is 8.27. The van der Waals surface area contributed by atoms with Gasteiger partial charge in [0.05, 0.1) is 0 Å². The number of aryl methyl sites for hydroxylation is 1. The van der Waals surface area contributed by atoms with Crippen LogP contribution in [0.1, 0.15) is 16.8 Å². The summed E-state index contributed by atoms with van der Waals surface area (Å²) in [5, 5.41) is 5.95. The molecule has 4 rings (SSSR count). The van der Waals surface area contributed by atoms with Crippen molar-refractivity contribution in [1.82, 2.24) is 19.8 Å². The van der Waals surface area contributed by atoms with Crippen LogP contribution in [0.5, 0.6) is 0 Å². The molecule has 2 N–H and O–H groups in total. The second-order valence-electron chi connectivity index (χ2n) is 7.28. The minimum absolute atomic E-state index is 0.176. The topological polar surface area (TPSA) is 62.2 Å². The number of hydrogen-bond donors (Lipinski definition) is 2. The SMILES string of the molecule is Cc1cccc(NC(=O)NCC2Cn3cccc3CN2Cc2cccnc2)c1. The van der Waals surface area contributed by atoms with Crippen molar-refractivity contribution in [3.63, 3.8) is 0 Å². The van der Waals surface area contributed by atoms with Crippen LogP contribution in [0.3, 0.4) is 0 Å². The summed E-state index contributed by atoms with van der Waals surface area (Å²) in [4.78, 5) is 19.0. The molecular weight excluding hydrogens is 350 g/mol. The van der Waals surface area contributed by atoms with E-state index in [-0.39, 0.29) is 12.1 Å². The predicted molar refractivity (Wildman–Crippen MR) is 110 cm³/mol. The fraction of sp³-hybridized carbons (Fsp3) is 0.273. The predicted octanol–water partition coefficient (Wildman–Crippen LogP) is 3.40. The Kier molecular flexibility index (Phi) is 5.39. The van der Waals surface area contributed by atoms with Crippen LogP contribution in [0.15, 0.2) is 67.1 Å². The lowest BCUT2D eigenvalue weighted by atomic mass is 10.1. The standard InChI is InChI=1S/C22H25N5O/c1-17-5-2-7-19(11-17)25-22(28)24-13-21-16-26-10-4-8-20(26)15-27(21)14-18-6-3-9-23-12-18/h2-12,21H,13-16H2,1H3,(H2,24,25,28). The van der Waals surface area contributed by atoms with E-state index in [1.807, 2.05) is 43.5 Å². The van der Waals surface area contributed by atoms with E-state index in [2.05, 4.69) is 49.5 Å². The number of fused-ring (bicyclic) bond motifs is 1. The molecule has 1 unspecified atom stereocenters. The summed E-state index contributed by atoms with van der Waals surface area (Å²) in [7, 11) is 0. The van der Waals surface area contributed by atoms with Gasteiger partial charge in [0.1, 0.15) is 0 Å². The third-order valence-electron chi connectivity index (χ3n) is 5.10. The van der Waals surface area contributed by atoms with E-state index in [4.69, 9.17) is 0 Å². The number of rotatable bonds is 5. The Morgan fingerprint density at radius 1 is 1.21 bits per heavy atom. The third-order valence-corrected chi connectivity index (χ3v) is 5.10. The van der Waals surface area contributed by atoms with Crippen LogP contribution < -0.4 is 10.6 Å². The van der Waals surface area contributed by atoms with Gasteiger partial charge < -0.3 is 15.2 Å². The first-order valence-electron chi connectivity index (χ1n) is 9.56. The number of pyridine rings is 1. The van der Waals surface area contributed by atoms with Gasteiger partial charge in [-0.2, -0.15) is 0 Å². The van der Waals surface area contributed by atoms with Crippen LogP contribution in [-0.4, -0.2) is 33.1 Å². The second-order valence-corrected chi connectivity index (χ2v) is 7.28. The highest BCUT2D eigenvalue weighted by molar-refractivity contribution is 5.89. The molecule has 0 bridgehead atoms.